The van der Waals surface area contributed by atoms with E-state index in [2.05, 4.69) is 26.5 Å². The van der Waals surface area contributed by atoms with Gasteiger partial charge in [-0.05, 0) is 77.7 Å². The Morgan fingerprint density at radius 3 is 1.44 bits per heavy atom. The minimum Gasteiger partial charge on any atom is -0.481 e. The highest BCUT2D eigenvalue weighted by atomic mass is 16.4. The van der Waals surface area contributed by atoms with E-state index < -0.39 is 24.0 Å². The fourth-order valence-corrected chi connectivity index (χ4v) is 6.15. The minimum atomic E-state index is -0.985. The Bertz CT molecular complexity index is 1080. The van der Waals surface area contributed by atoms with Crippen LogP contribution in [-0.4, -0.2) is 117 Å². The van der Waals surface area contributed by atoms with Crippen LogP contribution in [0.4, 0.5) is 0 Å². The summed E-state index contributed by atoms with van der Waals surface area (Å²) in [5.41, 5.74) is 5.92. The molecular weight excluding hydrogens is 795 g/mol. The van der Waals surface area contributed by atoms with Crippen molar-refractivity contribution in [2.45, 2.75) is 212 Å². The van der Waals surface area contributed by atoms with Gasteiger partial charge in [0.05, 0.1) is 12.1 Å². The summed E-state index contributed by atoms with van der Waals surface area (Å²) in [5, 5.41) is 37.9. The van der Waals surface area contributed by atoms with E-state index in [9.17, 15) is 33.6 Å². The largest absolute Gasteiger partial charge is 0.481 e. The number of aliphatic hydroxyl groups excluding tert-OH is 1. The van der Waals surface area contributed by atoms with E-state index in [1.165, 1.54) is 70.6 Å². The number of hydrogen-bond donors (Lipinski definition) is 9. The predicted octanol–water partition coefficient (Wildman–Crippen LogP) is 5.40. The molecule has 0 aliphatic carbocycles. The van der Waals surface area contributed by atoms with Crippen LogP contribution in [0.25, 0.3) is 0 Å². The number of aldehydes is 2. The Labute approximate surface area is 376 Å². The number of aliphatic hydroxyl groups is 1. The summed E-state index contributed by atoms with van der Waals surface area (Å²) >= 11 is 0. The number of nitrogens with two attached hydrogens (primary N) is 1. The van der Waals surface area contributed by atoms with Crippen LogP contribution < -0.4 is 32.2 Å². The maximum atomic E-state index is 12.1. The number of nitrogens with one attached hydrogen (secondary N) is 5. The smallest absolute Gasteiger partial charge is 0.320 e. The van der Waals surface area contributed by atoms with Gasteiger partial charge in [-0.1, -0.05) is 97.3 Å². The van der Waals surface area contributed by atoms with Crippen molar-refractivity contribution in [2.24, 2.45) is 5.73 Å². The zero-order chi connectivity index (χ0) is 47.5. The first-order valence-corrected chi connectivity index (χ1v) is 23.5. The molecule has 2 unspecified atom stereocenters. The molecule has 362 valence electrons. The van der Waals surface area contributed by atoms with Crippen molar-refractivity contribution in [2.75, 3.05) is 33.8 Å². The summed E-state index contributed by atoms with van der Waals surface area (Å²) in [6.07, 6.45) is 27.3. The number of rotatable bonds is 41. The molecule has 0 aromatic carbocycles. The summed E-state index contributed by atoms with van der Waals surface area (Å²) in [4.78, 5) is 77.7. The normalized spacial score (nSPS) is 11.7. The molecule has 17 heteroatoms. The van der Waals surface area contributed by atoms with Crippen LogP contribution in [0.15, 0.2) is 0 Å². The van der Waals surface area contributed by atoms with Gasteiger partial charge in [0, 0.05) is 52.4 Å². The second kappa shape index (κ2) is 53.7. The van der Waals surface area contributed by atoms with Crippen LogP contribution >= 0.6 is 0 Å². The van der Waals surface area contributed by atoms with Crippen LogP contribution in [0.1, 0.15) is 194 Å². The summed E-state index contributed by atoms with van der Waals surface area (Å²) < 4.78 is 0. The molecule has 2 radical (unpaired) electrons. The molecule has 0 aliphatic heterocycles. The van der Waals surface area contributed by atoms with E-state index in [0.29, 0.717) is 58.2 Å². The Hall–Kier alpha value is -3.41. The minimum absolute atomic E-state index is 0.00596. The van der Waals surface area contributed by atoms with Crippen LogP contribution in [0.5, 0.6) is 0 Å². The summed E-state index contributed by atoms with van der Waals surface area (Å²) in [5.74, 6) is -2.07. The Morgan fingerprint density at radius 1 is 0.565 bits per heavy atom. The third-order valence-corrected chi connectivity index (χ3v) is 9.89. The van der Waals surface area contributed by atoms with Crippen molar-refractivity contribution < 1.29 is 48.9 Å². The Morgan fingerprint density at radius 2 is 0.984 bits per heavy atom. The third-order valence-electron chi connectivity index (χ3n) is 9.89. The number of carbonyl (C=O) groups excluding carboxylic acids is 5. The molecule has 0 saturated carbocycles. The number of carboxylic acid groups (broad SMARTS) is 2. The molecule has 0 fully saturated rings. The maximum Gasteiger partial charge on any atom is 0.320 e. The molecule has 3 atom stereocenters. The van der Waals surface area contributed by atoms with Gasteiger partial charge in [-0.3, -0.25) is 24.0 Å². The zero-order valence-electron chi connectivity index (χ0n) is 39.2. The van der Waals surface area contributed by atoms with Gasteiger partial charge in [0.2, 0.25) is 17.7 Å². The summed E-state index contributed by atoms with van der Waals surface area (Å²) in [6, 6.07) is -1.70. The highest BCUT2D eigenvalue weighted by Crippen LogP contribution is 2.13. The third kappa shape index (κ3) is 50.9. The first-order valence-electron chi connectivity index (χ1n) is 23.5. The monoisotopic (exact) mass is 885 g/mol. The molecule has 0 aliphatic rings. The number of likely N-dealkylation sites (N-methyl/N-ethyl adjacent to an activating group) is 1. The standard InChI is InChI=1S/C24H45BN6O6.C18H34O3.C2H6.CH4O/c1-27-20(24(36)37)12-13-22(34)29-15-8-5-10-19(26)23(35)30-16-6-2-3-11-21(33)28-14-7-4-9-18(17-32)31-25;19-17-15-13-11-9-7-5-3-1-2-4-6-8-10-12-14-16-18(20)21;2*1-2/h17-20,27,31H,2-16,26H2,1H3,(H,28,33)(H,29,34)(H,30,35)(H,36,37);17H,1-16H2,(H,20,21);1-2H3;2H,1H3/t18?,19?,20-;;;/m0.../s1. The number of hydrogen-bond acceptors (Lipinski definition) is 11. The van der Waals surface area contributed by atoms with E-state index in [4.69, 9.17) is 29.0 Å². The molecule has 10 N–H and O–H groups in total. The average molecular weight is 885 g/mol. The van der Waals surface area contributed by atoms with Gasteiger partial charge in [0.1, 0.15) is 18.6 Å². The molecule has 0 rings (SSSR count). The molecule has 3 amide bonds. The first-order chi connectivity index (χ1) is 30.0. The molecule has 16 nitrogen and oxygen atoms in total. The highest BCUT2D eigenvalue weighted by molar-refractivity contribution is 6.05. The average Bonchev–Trinajstić information content (AvgIpc) is 3.27. The molecule has 0 aromatic rings. The number of amides is 3. The zero-order valence-corrected chi connectivity index (χ0v) is 39.2. The molecule has 0 aromatic heterocycles. The van der Waals surface area contributed by atoms with E-state index in [1.54, 1.807) is 7.05 Å². The molecule has 0 spiro atoms. The van der Waals surface area contributed by atoms with Crippen LogP contribution in [0, 0.1) is 0 Å². The van der Waals surface area contributed by atoms with Gasteiger partial charge in [0.15, 0.2) is 7.98 Å². The van der Waals surface area contributed by atoms with E-state index in [0.717, 1.165) is 77.5 Å². The lowest BCUT2D eigenvalue weighted by atomic mass is 10.0. The molecular formula is C45H89BN6O10. The summed E-state index contributed by atoms with van der Waals surface area (Å²) in [6.45, 7) is 5.52. The fourth-order valence-electron chi connectivity index (χ4n) is 6.15. The quantitative estimate of drug-likeness (QED) is 0.0212. The van der Waals surface area contributed by atoms with Crippen molar-refractivity contribution >= 4 is 50.2 Å². The van der Waals surface area contributed by atoms with E-state index in [-0.39, 0.29) is 36.6 Å². The van der Waals surface area contributed by atoms with Gasteiger partial charge in [-0.2, -0.15) is 0 Å². The number of carboxylic acids is 2. The Balaban J connectivity index is -0.000000569. The fraction of sp³-hybridized carbons (Fsp3) is 0.844. The highest BCUT2D eigenvalue weighted by Gasteiger charge is 2.16. The van der Waals surface area contributed by atoms with Gasteiger partial charge >= 0.3 is 11.9 Å². The second-order valence-corrected chi connectivity index (χ2v) is 15.1. The molecule has 0 saturated heterocycles. The van der Waals surface area contributed by atoms with Crippen molar-refractivity contribution in [1.82, 2.24) is 26.5 Å². The van der Waals surface area contributed by atoms with Crippen molar-refractivity contribution in [1.29, 1.82) is 0 Å². The lowest BCUT2D eigenvalue weighted by Crippen LogP contribution is -2.41. The Kier molecular flexibility index (Phi) is 56.5. The lowest BCUT2D eigenvalue weighted by molar-refractivity contribution is -0.140. The molecule has 62 heavy (non-hydrogen) atoms. The van der Waals surface area contributed by atoms with E-state index in [1.807, 2.05) is 13.8 Å². The van der Waals surface area contributed by atoms with Gasteiger partial charge in [-0.15, -0.1) is 0 Å². The maximum absolute atomic E-state index is 12.1. The van der Waals surface area contributed by atoms with Crippen molar-refractivity contribution in [3.8, 4) is 0 Å². The van der Waals surface area contributed by atoms with Crippen molar-refractivity contribution in [3.63, 3.8) is 0 Å². The van der Waals surface area contributed by atoms with Gasteiger partial charge < -0.3 is 57.1 Å². The lowest BCUT2D eigenvalue weighted by Gasteiger charge is -2.13. The SMILES string of the molecule is CC.CO.O=CCCCCCCCCCCCCCCCCC(=O)O.[B]NC(C=O)CCCCNC(=O)CCCCCNC(=O)C(N)CCCCNC(=O)CC[C@H](NC)C(=O)O. The summed E-state index contributed by atoms with van der Waals surface area (Å²) in [7, 11) is 7.76. The number of aliphatic carboxylic acids is 2. The first kappa shape index (κ1) is 65.2. The van der Waals surface area contributed by atoms with Crippen LogP contribution in [0.3, 0.4) is 0 Å². The van der Waals surface area contributed by atoms with Gasteiger partial charge in [-0.25, -0.2) is 0 Å². The van der Waals surface area contributed by atoms with Gasteiger partial charge in [0.25, 0.3) is 0 Å². The number of carbonyl (C=O) groups is 7. The molecule has 0 bridgehead atoms. The predicted molar refractivity (Wildman–Crippen MR) is 249 cm³/mol. The topological polar surface area (TPSA) is 266 Å². The van der Waals surface area contributed by atoms with Crippen LogP contribution in [-0.2, 0) is 33.6 Å². The molecule has 0 heterocycles. The van der Waals surface area contributed by atoms with Crippen molar-refractivity contribution in [3.05, 3.63) is 0 Å². The van der Waals surface area contributed by atoms with E-state index >= 15 is 0 Å². The second-order valence-electron chi connectivity index (χ2n) is 15.1. The van der Waals surface area contributed by atoms with Crippen LogP contribution in [0.2, 0.25) is 0 Å². The number of unbranched alkanes of at least 4 members (excludes halogenated alkanes) is 18.